The average molecular weight is 252 g/mol. The molecule has 0 saturated heterocycles. The van der Waals surface area contributed by atoms with E-state index in [1.165, 1.54) is 6.07 Å². The molecule has 94 valence electrons. The van der Waals surface area contributed by atoms with Crippen molar-refractivity contribution in [3.63, 3.8) is 0 Å². The van der Waals surface area contributed by atoms with Crippen LogP contribution in [0.4, 0.5) is 0 Å². The van der Waals surface area contributed by atoms with Crippen LogP contribution in [0.1, 0.15) is 5.56 Å². The molecular weight excluding hydrogens is 240 g/mol. The average Bonchev–Trinajstić information content (AvgIpc) is 2.45. The van der Waals surface area contributed by atoms with Gasteiger partial charge in [-0.2, -0.15) is 0 Å². The highest BCUT2D eigenvalue weighted by molar-refractivity contribution is 5.82. The van der Waals surface area contributed by atoms with Gasteiger partial charge >= 0.3 is 5.63 Å². The second-order valence-electron chi connectivity index (χ2n) is 4.20. The molecule has 0 atom stereocenters. The van der Waals surface area contributed by atoms with Gasteiger partial charge in [-0.05, 0) is 17.7 Å². The summed E-state index contributed by atoms with van der Waals surface area (Å²) in [6.45, 7) is 0.425. The van der Waals surface area contributed by atoms with Gasteiger partial charge in [-0.25, -0.2) is 4.79 Å². The van der Waals surface area contributed by atoms with Crippen LogP contribution < -0.4 is 10.4 Å². The first kappa shape index (κ1) is 11.5. The lowest BCUT2D eigenvalue weighted by atomic mass is 10.2. The Morgan fingerprint density at radius 3 is 2.53 bits per heavy atom. The number of fused-ring (bicyclic) bond motifs is 1. The second kappa shape index (κ2) is 4.98. The zero-order chi connectivity index (χ0) is 13.1. The molecule has 0 aliphatic carbocycles. The van der Waals surface area contributed by atoms with E-state index in [-0.39, 0.29) is 0 Å². The summed E-state index contributed by atoms with van der Waals surface area (Å²) in [5.74, 6) is 0.552. The summed E-state index contributed by atoms with van der Waals surface area (Å²) in [7, 11) is 0. The Hall–Kier alpha value is -2.55. The highest BCUT2D eigenvalue weighted by atomic mass is 16.5. The minimum absolute atomic E-state index is 0.401. The Balaban J connectivity index is 1.94. The third kappa shape index (κ3) is 2.50. The Morgan fingerprint density at radius 1 is 0.947 bits per heavy atom. The maximum absolute atomic E-state index is 11.5. The summed E-state index contributed by atoms with van der Waals surface area (Å²) in [5, 5.41) is 0.804. The fourth-order valence-corrected chi connectivity index (χ4v) is 1.94. The third-order valence-corrected chi connectivity index (χ3v) is 2.85. The van der Waals surface area contributed by atoms with E-state index in [2.05, 4.69) is 0 Å². The first-order valence-corrected chi connectivity index (χ1v) is 6.02. The normalized spacial score (nSPS) is 10.5. The Kier molecular flexibility index (Phi) is 3.02. The van der Waals surface area contributed by atoms with Crippen molar-refractivity contribution in [1.29, 1.82) is 0 Å². The third-order valence-electron chi connectivity index (χ3n) is 2.85. The number of benzene rings is 2. The van der Waals surface area contributed by atoms with Crippen molar-refractivity contribution >= 4 is 11.0 Å². The predicted octanol–water partition coefficient (Wildman–Crippen LogP) is 3.37. The van der Waals surface area contributed by atoms with Crippen LogP contribution in [0.3, 0.4) is 0 Å². The lowest BCUT2D eigenvalue weighted by Gasteiger charge is -2.08. The SMILES string of the molecule is O=c1cc(OCc2ccccc2)c2ccccc2o1. The molecule has 3 aromatic rings. The molecule has 0 aliphatic rings. The molecule has 19 heavy (non-hydrogen) atoms. The second-order valence-corrected chi connectivity index (χ2v) is 4.20. The topological polar surface area (TPSA) is 39.4 Å². The lowest BCUT2D eigenvalue weighted by molar-refractivity contribution is 0.307. The van der Waals surface area contributed by atoms with Gasteiger partial charge in [-0.3, -0.25) is 0 Å². The Bertz CT molecular complexity index is 745. The maximum Gasteiger partial charge on any atom is 0.339 e. The van der Waals surface area contributed by atoms with Crippen LogP contribution in [0.2, 0.25) is 0 Å². The molecule has 1 heterocycles. The van der Waals surface area contributed by atoms with Gasteiger partial charge in [-0.1, -0.05) is 42.5 Å². The fourth-order valence-electron chi connectivity index (χ4n) is 1.94. The summed E-state index contributed by atoms with van der Waals surface area (Å²) >= 11 is 0. The van der Waals surface area contributed by atoms with Gasteiger partial charge in [0.25, 0.3) is 0 Å². The van der Waals surface area contributed by atoms with Crippen molar-refractivity contribution in [3.05, 3.63) is 76.6 Å². The van der Waals surface area contributed by atoms with E-state index in [1.807, 2.05) is 48.5 Å². The molecular formula is C16H12O3. The fraction of sp³-hybridized carbons (Fsp3) is 0.0625. The molecule has 0 saturated carbocycles. The summed E-state index contributed by atoms with van der Waals surface area (Å²) in [6, 6.07) is 18.5. The number of ether oxygens (including phenoxy) is 1. The van der Waals surface area contributed by atoms with E-state index in [9.17, 15) is 4.79 Å². The number of hydrogen-bond acceptors (Lipinski definition) is 3. The molecule has 0 radical (unpaired) electrons. The highest BCUT2D eigenvalue weighted by Crippen LogP contribution is 2.23. The van der Waals surface area contributed by atoms with E-state index in [0.717, 1.165) is 10.9 Å². The molecule has 1 aromatic heterocycles. The first-order valence-electron chi connectivity index (χ1n) is 6.02. The van der Waals surface area contributed by atoms with Crippen molar-refractivity contribution < 1.29 is 9.15 Å². The van der Waals surface area contributed by atoms with Gasteiger partial charge in [0, 0.05) is 0 Å². The van der Waals surface area contributed by atoms with Crippen LogP contribution in [0, 0.1) is 0 Å². The summed E-state index contributed by atoms with van der Waals surface area (Å²) < 4.78 is 10.8. The molecule has 3 rings (SSSR count). The van der Waals surface area contributed by atoms with Crippen LogP contribution in [-0.4, -0.2) is 0 Å². The highest BCUT2D eigenvalue weighted by Gasteiger charge is 2.06. The predicted molar refractivity (Wildman–Crippen MR) is 73.3 cm³/mol. The minimum Gasteiger partial charge on any atom is -0.488 e. The first-order chi connectivity index (χ1) is 9.33. The van der Waals surface area contributed by atoms with Crippen molar-refractivity contribution in [3.8, 4) is 5.75 Å². The zero-order valence-electron chi connectivity index (χ0n) is 10.2. The smallest absolute Gasteiger partial charge is 0.339 e. The number of para-hydroxylation sites is 1. The van der Waals surface area contributed by atoms with Gasteiger partial charge in [0.1, 0.15) is 17.9 Å². The largest absolute Gasteiger partial charge is 0.488 e. The maximum atomic E-state index is 11.5. The zero-order valence-corrected chi connectivity index (χ0v) is 10.2. The van der Waals surface area contributed by atoms with Gasteiger partial charge in [-0.15, -0.1) is 0 Å². The van der Waals surface area contributed by atoms with Gasteiger partial charge in [0.2, 0.25) is 0 Å². The monoisotopic (exact) mass is 252 g/mol. The molecule has 0 fully saturated rings. The minimum atomic E-state index is -0.401. The van der Waals surface area contributed by atoms with Crippen LogP contribution in [0.5, 0.6) is 5.75 Å². The van der Waals surface area contributed by atoms with Gasteiger partial charge in [0.05, 0.1) is 11.5 Å². The standard InChI is InChI=1S/C16H12O3/c17-16-10-15(13-8-4-5-9-14(13)19-16)18-11-12-6-2-1-3-7-12/h1-10H,11H2. The van der Waals surface area contributed by atoms with E-state index in [4.69, 9.17) is 9.15 Å². The number of hydrogen-bond donors (Lipinski definition) is 0. The van der Waals surface area contributed by atoms with Crippen molar-refractivity contribution in [2.75, 3.05) is 0 Å². The van der Waals surface area contributed by atoms with Crippen molar-refractivity contribution in [2.24, 2.45) is 0 Å². The molecule has 0 spiro atoms. The van der Waals surface area contributed by atoms with E-state index < -0.39 is 5.63 Å². The van der Waals surface area contributed by atoms with Crippen LogP contribution in [0.15, 0.2) is 69.9 Å². The Labute approximate surface area is 110 Å². The molecule has 0 aliphatic heterocycles. The molecule has 3 heteroatoms. The summed E-state index contributed by atoms with van der Waals surface area (Å²) in [4.78, 5) is 11.5. The van der Waals surface area contributed by atoms with E-state index >= 15 is 0 Å². The summed E-state index contributed by atoms with van der Waals surface area (Å²) in [5.41, 5.74) is 1.19. The summed E-state index contributed by atoms with van der Waals surface area (Å²) in [6.07, 6.45) is 0. The van der Waals surface area contributed by atoms with Gasteiger partial charge in [0.15, 0.2) is 0 Å². The molecule has 2 aromatic carbocycles. The van der Waals surface area contributed by atoms with Crippen molar-refractivity contribution in [2.45, 2.75) is 6.61 Å². The lowest BCUT2D eigenvalue weighted by Crippen LogP contribution is -2.01. The van der Waals surface area contributed by atoms with Gasteiger partial charge < -0.3 is 9.15 Å². The van der Waals surface area contributed by atoms with E-state index in [0.29, 0.717) is 17.9 Å². The van der Waals surface area contributed by atoms with E-state index in [1.54, 1.807) is 6.07 Å². The molecule has 0 bridgehead atoms. The molecule has 3 nitrogen and oxygen atoms in total. The van der Waals surface area contributed by atoms with Crippen LogP contribution in [-0.2, 0) is 6.61 Å². The van der Waals surface area contributed by atoms with Crippen molar-refractivity contribution in [1.82, 2.24) is 0 Å². The molecule has 0 N–H and O–H groups in total. The molecule has 0 unspecified atom stereocenters. The number of rotatable bonds is 3. The Morgan fingerprint density at radius 2 is 1.68 bits per heavy atom. The van der Waals surface area contributed by atoms with Crippen LogP contribution >= 0.6 is 0 Å². The quantitative estimate of drug-likeness (QED) is 0.671. The molecule has 0 amide bonds. The van der Waals surface area contributed by atoms with Crippen LogP contribution in [0.25, 0.3) is 11.0 Å².